The predicted molar refractivity (Wildman–Crippen MR) is 91.3 cm³/mol. The Kier molecular flexibility index (Phi) is 5.03. The van der Waals surface area contributed by atoms with Crippen LogP contribution in [0.4, 0.5) is 15.8 Å². The normalized spacial score (nSPS) is 10.3. The van der Waals surface area contributed by atoms with Crippen molar-refractivity contribution in [1.82, 2.24) is 0 Å². The van der Waals surface area contributed by atoms with E-state index in [1.807, 2.05) is 0 Å². The molecule has 0 amide bonds. The number of rotatable bonds is 4. The minimum absolute atomic E-state index is 0.125. The van der Waals surface area contributed by atoms with Gasteiger partial charge >= 0.3 is 0 Å². The van der Waals surface area contributed by atoms with Crippen LogP contribution in [0, 0.1) is 5.82 Å². The first-order valence-corrected chi connectivity index (χ1v) is 7.40. The number of ether oxygens (including phenoxy) is 1. The molecule has 0 aliphatic rings. The second-order valence-corrected chi connectivity index (χ2v) is 5.77. The molecule has 0 aliphatic carbocycles. The zero-order valence-electron chi connectivity index (χ0n) is 10.9. The number of anilines is 2. The Morgan fingerprint density at radius 3 is 2.71 bits per heavy atom. The van der Waals surface area contributed by atoms with Gasteiger partial charge in [0.2, 0.25) is 0 Å². The van der Waals surface area contributed by atoms with Crippen molar-refractivity contribution in [3.8, 4) is 5.75 Å². The Balaban J connectivity index is 2.36. The molecule has 0 unspecified atom stereocenters. The van der Waals surface area contributed by atoms with Gasteiger partial charge in [0.25, 0.3) is 0 Å². The molecule has 110 valence electrons. The molecular weight excluding hydrogens is 379 g/mol. The SMILES string of the molecule is COc1cc(Nc2ccc(C(N)=S)c(Br)c2F)ccc1Cl. The second-order valence-electron chi connectivity index (χ2n) is 4.13. The fourth-order valence-corrected chi connectivity index (χ4v) is 2.78. The summed E-state index contributed by atoms with van der Waals surface area (Å²) in [5.74, 6) is 0.0233. The van der Waals surface area contributed by atoms with Gasteiger partial charge in [0.15, 0.2) is 5.82 Å². The van der Waals surface area contributed by atoms with Crippen molar-refractivity contribution in [2.45, 2.75) is 0 Å². The summed E-state index contributed by atoms with van der Waals surface area (Å²) in [6.45, 7) is 0. The second kappa shape index (κ2) is 6.60. The first-order valence-electron chi connectivity index (χ1n) is 5.82. The van der Waals surface area contributed by atoms with Gasteiger partial charge in [-0.1, -0.05) is 23.8 Å². The van der Waals surface area contributed by atoms with Gasteiger partial charge < -0.3 is 15.8 Å². The first-order chi connectivity index (χ1) is 9.93. The lowest BCUT2D eigenvalue weighted by molar-refractivity contribution is 0.415. The Morgan fingerprint density at radius 1 is 1.38 bits per heavy atom. The van der Waals surface area contributed by atoms with Crippen LogP contribution in [-0.2, 0) is 0 Å². The van der Waals surface area contributed by atoms with E-state index in [2.05, 4.69) is 21.2 Å². The molecule has 0 atom stereocenters. The maximum atomic E-state index is 14.3. The van der Waals surface area contributed by atoms with Crippen LogP contribution in [0.2, 0.25) is 5.02 Å². The smallest absolute Gasteiger partial charge is 0.161 e. The number of nitrogens with one attached hydrogen (secondary N) is 1. The third kappa shape index (κ3) is 3.45. The minimum atomic E-state index is -0.478. The topological polar surface area (TPSA) is 47.3 Å². The quantitative estimate of drug-likeness (QED) is 0.749. The first kappa shape index (κ1) is 16.0. The van der Waals surface area contributed by atoms with E-state index in [1.165, 1.54) is 7.11 Å². The monoisotopic (exact) mass is 388 g/mol. The maximum absolute atomic E-state index is 14.3. The number of methoxy groups -OCH3 is 1. The van der Waals surface area contributed by atoms with Gasteiger partial charge in [-0.2, -0.15) is 0 Å². The molecule has 7 heteroatoms. The van der Waals surface area contributed by atoms with E-state index >= 15 is 0 Å². The van der Waals surface area contributed by atoms with Crippen molar-refractivity contribution >= 4 is 56.1 Å². The highest BCUT2D eigenvalue weighted by Crippen LogP contribution is 2.32. The average molecular weight is 390 g/mol. The molecule has 21 heavy (non-hydrogen) atoms. The van der Waals surface area contributed by atoms with Crippen molar-refractivity contribution in [1.29, 1.82) is 0 Å². The summed E-state index contributed by atoms with van der Waals surface area (Å²) in [5, 5.41) is 3.43. The van der Waals surface area contributed by atoms with E-state index < -0.39 is 5.82 Å². The molecule has 0 bridgehead atoms. The summed E-state index contributed by atoms with van der Waals surface area (Å²) < 4.78 is 19.6. The van der Waals surface area contributed by atoms with E-state index in [4.69, 9.17) is 34.3 Å². The number of hydrogen-bond donors (Lipinski definition) is 2. The Morgan fingerprint density at radius 2 is 2.10 bits per heavy atom. The Hall–Kier alpha value is -1.37. The molecule has 2 aromatic carbocycles. The summed E-state index contributed by atoms with van der Waals surface area (Å²) >= 11 is 14.0. The fraction of sp³-hybridized carbons (Fsp3) is 0.0714. The van der Waals surface area contributed by atoms with Crippen LogP contribution in [0.15, 0.2) is 34.8 Å². The summed E-state index contributed by atoms with van der Waals surface area (Å²) in [7, 11) is 1.51. The van der Waals surface area contributed by atoms with Gasteiger partial charge in [0.1, 0.15) is 10.7 Å². The average Bonchev–Trinajstić information content (AvgIpc) is 2.45. The molecule has 0 aromatic heterocycles. The van der Waals surface area contributed by atoms with E-state index in [0.29, 0.717) is 22.0 Å². The van der Waals surface area contributed by atoms with Crippen molar-refractivity contribution in [3.63, 3.8) is 0 Å². The number of thiocarbonyl (C=S) groups is 1. The van der Waals surface area contributed by atoms with Crippen LogP contribution in [0.3, 0.4) is 0 Å². The molecule has 0 radical (unpaired) electrons. The summed E-state index contributed by atoms with van der Waals surface area (Å²) in [6.07, 6.45) is 0. The van der Waals surface area contributed by atoms with Crippen molar-refractivity contribution in [2.24, 2.45) is 5.73 Å². The van der Waals surface area contributed by atoms with Crippen molar-refractivity contribution in [3.05, 3.63) is 51.2 Å². The molecule has 0 spiro atoms. The van der Waals surface area contributed by atoms with Crippen LogP contribution in [0.5, 0.6) is 5.75 Å². The van der Waals surface area contributed by atoms with E-state index in [1.54, 1.807) is 30.3 Å². The number of halogens is 3. The molecule has 0 saturated carbocycles. The lowest BCUT2D eigenvalue weighted by Crippen LogP contribution is -2.11. The van der Waals surface area contributed by atoms with Gasteiger partial charge in [0, 0.05) is 17.3 Å². The molecule has 3 N–H and O–H groups in total. The summed E-state index contributed by atoms with van der Waals surface area (Å²) in [5.41, 5.74) is 6.90. The van der Waals surface area contributed by atoms with Crippen LogP contribution >= 0.6 is 39.7 Å². The third-order valence-electron chi connectivity index (χ3n) is 2.78. The van der Waals surface area contributed by atoms with Crippen LogP contribution in [-0.4, -0.2) is 12.1 Å². The van der Waals surface area contributed by atoms with E-state index in [-0.39, 0.29) is 15.1 Å². The zero-order valence-corrected chi connectivity index (χ0v) is 14.1. The molecule has 0 aliphatic heterocycles. The standard InChI is InChI=1S/C14H11BrClFN2OS/c1-20-11-6-7(2-4-9(11)16)19-10-5-3-8(14(18)21)12(15)13(10)17/h2-6,19H,1H3,(H2,18,21). The molecule has 2 rings (SSSR count). The van der Waals surface area contributed by atoms with Crippen LogP contribution in [0.25, 0.3) is 0 Å². The highest BCUT2D eigenvalue weighted by molar-refractivity contribution is 9.10. The van der Waals surface area contributed by atoms with Gasteiger partial charge in [-0.05, 0) is 40.2 Å². The predicted octanol–water partition coefficient (Wildman–Crippen LogP) is 4.63. The largest absolute Gasteiger partial charge is 0.495 e. The third-order valence-corrected chi connectivity index (χ3v) is 4.09. The molecule has 0 fully saturated rings. The summed E-state index contributed by atoms with van der Waals surface area (Å²) in [6, 6.07) is 8.27. The Bertz CT molecular complexity index is 712. The van der Waals surface area contributed by atoms with Gasteiger partial charge in [-0.25, -0.2) is 4.39 Å². The fourth-order valence-electron chi connectivity index (χ4n) is 1.73. The van der Waals surface area contributed by atoms with E-state index in [9.17, 15) is 4.39 Å². The molecule has 2 aromatic rings. The van der Waals surface area contributed by atoms with Crippen LogP contribution in [0.1, 0.15) is 5.56 Å². The zero-order chi connectivity index (χ0) is 15.6. The van der Waals surface area contributed by atoms with Gasteiger partial charge in [-0.3, -0.25) is 0 Å². The maximum Gasteiger partial charge on any atom is 0.161 e. The number of benzene rings is 2. The number of nitrogens with two attached hydrogens (primary N) is 1. The highest BCUT2D eigenvalue weighted by Gasteiger charge is 2.13. The lowest BCUT2D eigenvalue weighted by Gasteiger charge is -2.12. The molecule has 0 saturated heterocycles. The molecule has 3 nitrogen and oxygen atoms in total. The lowest BCUT2D eigenvalue weighted by atomic mass is 10.2. The van der Waals surface area contributed by atoms with Crippen LogP contribution < -0.4 is 15.8 Å². The van der Waals surface area contributed by atoms with E-state index in [0.717, 1.165) is 0 Å². The van der Waals surface area contributed by atoms with Crippen molar-refractivity contribution in [2.75, 3.05) is 12.4 Å². The molecular formula is C14H11BrClFN2OS. The Labute approximate surface area is 140 Å². The summed E-state index contributed by atoms with van der Waals surface area (Å²) in [4.78, 5) is 0.125. The minimum Gasteiger partial charge on any atom is -0.495 e. The van der Waals surface area contributed by atoms with Gasteiger partial charge in [0.05, 0.1) is 22.3 Å². The van der Waals surface area contributed by atoms with Crippen molar-refractivity contribution < 1.29 is 9.13 Å². The number of hydrogen-bond acceptors (Lipinski definition) is 3. The van der Waals surface area contributed by atoms with Gasteiger partial charge in [-0.15, -0.1) is 0 Å². The highest BCUT2D eigenvalue weighted by atomic mass is 79.9. The molecule has 0 heterocycles.